The summed E-state index contributed by atoms with van der Waals surface area (Å²) in [4.78, 5) is 0. The van der Waals surface area contributed by atoms with E-state index in [4.69, 9.17) is 4.74 Å². The number of aliphatic hydroxyl groups excluding tert-OH is 1. The molecular formula is C27H58NO4S+. The second-order valence-electron chi connectivity index (χ2n) is 11.0. The molecule has 0 aliphatic heterocycles. The van der Waals surface area contributed by atoms with Crippen LogP contribution in [-0.2, 0) is 14.6 Å². The van der Waals surface area contributed by atoms with Crippen LogP contribution < -0.4 is 0 Å². The highest BCUT2D eigenvalue weighted by Crippen LogP contribution is 2.13. The lowest BCUT2D eigenvalue weighted by Crippen LogP contribution is -2.36. The first-order valence-electron chi connectivity index (χ1n) is 13.9. The van der Waals surface area contributed by atoms with Crippen LogP contribution in [0.15, 0.2) is 0 Å². The maximum Gasteiger partial charge on any atom is 0.153 e. The largest absolute Gasteiger partial charge is 0.390 e. The molecule has 0 aliphatic rings. The molecule has 0 rings (SSSR count). The molecule has 0 aromatic heterocycles. The molecule has 0 saturated heterocycles. The molecule has 200 valence electrons. The molecule has 1 N–H and O–H groups in total. The van der Waals surface area contributed by atoms with E-state index in [0.717, 1.165) is 23.9 Å². The van der Waals surface area contributed by atoms with E-state index in [-0.39, 0.29) is 18.1 Å². The maximum atomic E-state index is 12.1. The van der Waals surface area contributed by atoms with Gasteiger partial charge in [0, 0.05) is 13.0 Å². The predicted molar refractivity (Wildman–Crippen MR) is 143 cm³/mol. The molecule has 0 radical (unpaired) electrons. The van der Waals surface area contributed by atoms with E-state index in [2.05, 4.69) is 6.92 Å². The third kappa shape index (κ3) is 26.3. The minimum Gasteiger partial charge on any atom is -0.390 e. The van der Waals surface area contributed by atoms with Crippen LogP contribution in [0.1, 0.15) is 116 Å². The molecule has 33 heavy (non-hydrogen) atoms. The lowest BCUT2D eigenvalue weighted by Gasteiger charge is -2.23. The van der Waals surface area contributed by atoms with Crippen molar-refractivity contribution in [2.24, 2.45) is 0 Å². The van der Waals surface area contributed by atoms with Crippen molar-refractivity contribution in [1.29, 1.82) is 0 Å². The summed E-state index contributed by atoms with van der Waals surface area (Å²) < 4.78 is 30.4. The van der Waals surface area contributed by atoms with Gasteiger partial charge in [0.1, 0.15) is 0 Å². The minimum absolute atomic E-state index is 0.118. The maximum absolute atomic E-state index is 12.1. The predicted octanol–water partition coefficient (Wildman–Crippen LogP) is 6.14. The Morgan fingerprint density at radius 1 is 0.697 bits per heavy atom. The highest BCUT2D eigenvalue weighted by atomic mass is 32.2. The van der Waals surface area contributed by atoms with Gasteiger partial charge >= 0.3 is 0 Å². The topological polar surface area (TPSA) is 63.6 Å². The van der Waals surface area contributed by atoms with Gasteiger partial charge in [-0.25, -0.2) is 8.42 Å². The average molecular weight is 493 g/mol. The Hall–Kier alpha value is -0.170. The quantitative estimate of drug-likeness (QED) is 0.123. The van der Waals surface area contributed by atoms with Crippen molar-refractivity contribution in [3.63, 3.8) is 0 Å². The molecule has 0 aromatic rings. The first-order valence-corrected chi connectivity index (χ1v) is 15.7. The molecule has 0 spiro atoms. The van der Waals surface area contributed by atoms with E-state index in [9.17, 15) is 13.5 Å². The first kappa shape index (κ1) is 32.8. The van der Waals surface area contributed by atoms with Gasteiger partial charge in [-0.15, -0.1) is 0 Å². The van der Waals surface area contributed by atoms with Crippen LogP contribution in [0.4, 0.5) is 0 Å². The summed E-state index contributed by atoms with van der Waals surface area (Å²) in [5.74, 6) is -0.0538. The van der Waals surface area contributed by atoms with Crippen molar-refractivity contribution in [3.05, 3.63) is 0 Å². The Kier molecular flexibility index (Phi) is 21.0. The van der Waals surface area contributed by atoms with Gasteiger partial charge in [0.2, 0.25) is 0 Å². The number of aliphatic hydroxyl groups is 1. The molecule has 0 aliphatic carbocycles. The SMILES string of the molecule is CCCCCCCCCCCCCCCCCCOCC(O)CS(=O)(=O)CCC[N+](C)(C)C. The summed E-state index contributed by atoms with van der Waals surface area (Å²) in [6.07, 6.45) is 21.1. The molecule has 6 heteroatoms. The number of quaternary nitrogens is 1. The number of hydrogen-bond acceptors (Lipinski definition) is 4. The zero-order chi connectivity index (χ0) is 24.8. The van der Waals surface area contributed by atoms with E-state index in [1.54, 1.807) is 0 Å². The fraction of sp³-hybridized carbons (Fsp3) is 1.00. The first-order chi connectivity index (χ1) is 15.7. The van der Waals surface area contributed by atoms with Gasteiger partial charge in [-0.05, 0) is 6.42 Å². The van der Waals surface area contributed by atoms with Crippen LogP contribution in [0, 0.1) is 0 Å². The standard InChI is InChI=1S/C27H58NO4S/c1-5-6-7-8-9-10-11-12-13-14-15-16-17-18-19-20-23-32-25-27(29)26-33(30,31)24-21-22-28(2,3)4/h27,29H,5-26H2,1-4H3/q+1. The van der Waals surface area contributed by atoms with Crippen LogP contribution in [0.3, 0.4) is 0 Å². The normalized spacial score (nSPS) is 13.5. The zero-order valence-corrected chi connectivity index (χ0v) is 23.5. The fourth-order valence-electron chi connectivity index (χ4n) is 4.15. The van der Waals surface area contributed by atoms with Gasteiger partial charge in [0.15, 0.2) is 9.84 Å². The van der Waals surface area contributed by atoms with Crippen LogP contribution in [-0.4, -0.2) is 76.5 Å². The van der Waals surface area contributed by atoms with Crippen molar-refractivity contribution >= 4 is 9.84 Å². The van der Waals surface area contributed by atoms with E-state index in [0.29, 0.717) is 13.0 Å². The Bertz CT molecular complexity index is 517. The summed E-state index contributed by atoms with van der Waals surface area (Å²) >= 11 is 0. The molecule has 1 atom stereocenters. The zero-order valence-electron chi connectivity index (χ0n) is 22.7. The summed E-state index contributed by atoms with van der Waals surface area (Å²) in [7, 11) is 2.93. The van der Waals surface area contributed by atoms with Gasteiger partial charge in [0.05, 0.1) is 51.9 Å². The Morgan fingerprint density at radius 3 is 1.55 bits per heavy atom. The van der Waals surface area contributed by atoms with E-state index >= 15 is 0 Å². The van der Waals surface area contributed by atoms with Gasteiger partial charge in [-0.2, -0.15) is 0 Å². The second kappa shape index (κ2) is 21.1. The molecule has 0 amide bonds. The number of rotatable bonds is 25. The molecular weight excluding hydrogens is 434 g/mol. The van der Waals surface area contributed by atoms with E-state index < -0.39 is 15.9 Å². The van der Waals surface area contributed by atoms with Crippen LogP contribution in [0.2, 0.25) is 0 Å². The van der Waals surface area contributed by atoms with Gasteiger partial charge < -0.3 is 14.3 Å². The third-order valence-corrected chi connectivity index (χ3v) is 7.99. The Labute approximate surface area is 207 Å². The summed E-state index contributed by atoms with van der Waals surface area (Å²) in [5, 5.41) is 9.97. The number of unbranched alkanes of at least 4 members (excludes halogenated alkanes) is 15. The molecule has 0 fully saturated rings. The molecule has 0 saturated carbocycles. The molecule has 1 unspecified atom stereocenters. The van der Waals surface area contributed by atoms with Crippen molar-refractivity contribution < 1.29 is 22.7 Å². The van der Waals surface area contributed by atoms with Gasteiger partial charge in [-0.1, -0.05) is 103 Å². The average Bonchev–Trinajstić information content (AvgIpc) is 2.71. The van der Waals surface area contributed by atoms with Crippen LogP contribution in [0.25, 0.3) is 0 Å². The second-order valence-corrected chi connectivity index (χ2v) is 13.2. The number of sulfone groups is 1. The number of hydrogen-bond donors (Lipinski definition) is 1. The van der Waals surface area contributed by atoms with E-state index in [1.807, 2.05) is 21.1 Å². The lowest BCUT2D eigenvalue weighted by atomic mass is 10.0. The summed E-state index contributed by atoms with van der Waals surface area (Å²) in [6, 6.07) is 0. The summed E-state index contributed by atoms with van der Waals surface area (Å²) in [6.45, 7) is 3.81. The molecule has 0 heterocycles. The smallest absolute Gasteiger partial charge is 0.153 e. The highest BCUT2D eigenvalue weighted by molar-refractivity contribution is 7.91. The Morgan fingerprint density at radius 2 is 1.12 bits per heavy atom. The molecule has 5 nitrogen and oxygen atoms in total. The van der Waals surface area contributed by atoms with Crippen molar-refractivity contribution in [1.82, 2.24) is 0 Å². The number of ether oxygens (including phenoxy) is 1. The lowest BCUT2D eigenvalue weighted by molar-refractivity contribution is -0.870. The Balaban J connectivity index is 3.38. The van der Waals surface area contributed by atoms with Crippen molar-refractivity contribution in [2.75, 3.05) is 52.4 Å². The third-order valence-electron chi connectivity index (χ3n) is 6.18. The van der Waals surface area contributed by atoms with Crippen molar-refractivity contribution in [2.45, 2.75) is 122 Å². The van der Waals surface area contributed by atoms with Crippen molar-refractivity contribution in [3.8, 4) is 0 Å². The number of nitrogens with zero attached hydrogens (tertiary/aromatic N) is 1. The van der Waals surface area contributed by atoms with Crippen LogP contribution >= 0.6 is 0 Å². The minimum atomic E-state index is -3.22. The molecule has 0 bridgehead atoms. The van der Waals surface area contributed by atoms with Crippen LogP contribution in [0.5, 0.6) is 0 Å². The summed E-state index contributed by atoms with van der Waals surface area (Å²) in [5.41, 5.74) is 0. The van der Waals surface area contributed by atoms with Gasteiger partial charge in [0.25, 0.3) is 0 Å². The molecule has 0 aromatic carbocycles. The highest BCUT2D eigenvalue weighted by Gasteiger charge is 2.19. The fourth-order valence-corrected chi connectivity index (χ4v) is 5.57. The van der Waals surface area contributed by atoms with E-state index in [1.165, 1.54) is 89.9 Å². The monoisotopic (exact) mass is 492 g/mol. The van der Waals surface area contributed by atoms with Gasteiger partial charge in [-0.3, -0.25) is 0 Å².